The van der Waals surface area contributed by atoms with E-state index in [4.69, 9.17) is 11.6 Å². The summed E-state index contributed by atoms with van der Waals surface area (Å²) in [7, 11) is 0. The van der Waals surface area contributed by atoms with Gasteiger partial charge >= 0.3 is 0 Å². The molecule has 0 aliphatic heterocycles. The van der Waals surface area contributed by atoms with Gasteiger partial charge in [-0.25, -0.2) is 8.78 Å². The van der Waals surface area contributed by atoms with Crippen molar-refractivity contribution in [3.63, 3.8) is 0 Å². The Morgan fingerprint density at radius 2 is 1.53 bits per heavy atom. The van der Waals surface area contributed by atoms with Crippen LogP contribution in [-0.2, 0) is 0 Å². The first-order chi connectivity index (χ1) is 7.16. The molecule has 0 bridgehead atoms. The quantitative estimate of drug-likeness (QED) is 0.678. The van der Waals surface area contributed by atoms with Crippen molar-refractivity contribution in [2.75, 3.05) is 0 Å². The fourth-order valence-electron chi connectivity index (χ4n) is 1.35. The first-order valence-corrected chi connectivity index (χ1v) is 4.75. The van der Waals surface area contributed by atoms with Crippen molar-refractivity contribution in [3.05, 3.63) is 59.1 Å². The number of hydrogen-bond acceptors (Lipinski definition) is 0. The van der Waals surface area contributed by atoms with Crippen molar-refractivity contribution in [1.29, 1.82) is 0 Å². The van der Waals surface area contributed by atoms with Gasteiger partial charge in [-0.15, -0.1) is 0 Å². The smallest absolute Gasteiger partial charge is 0.131 e. The Labute approximate surface area is 91.1 Å². The molecule has 0 aliphatic carbocycles. The van der Waals surface area contributed by atoms with Gasteiger partial charge < -0.3 is 0 Å². The van der Waals surface area contributed by atoms with Gasteiger partial charge in [0.15, 0.2) is 0 Å². The maximum absolute atomic E-state index is 13.4. The van der Waals surface area contributed by atoms with Crippen LogP contribution >= 0.6 is 11.6 Å². The Morgan fingerprint density at radius 3 is 2.20 bits per heavy atom. The lowest BCUT2D eigenvalue weighted by atomic mass is 10.1. The second-order valence-electron chi connectivity index (χ2n) is 3.13. The van der Waals surface area contributed by atoms with E-state index in [-0.39, 0.29) is 11.6 Å². The number of hydrogen-bond donors (Lipinski definition) is 0. The predicted molar refractivity (Wildman–Crippen MR) is 56.8 cm³/mol. The average Bonchev–Trinajstić information content (AvgIpc) is 2.23. The van der Waals surface area contributed by atoms with E-state index < -0.39 is 0 Å². The highest BCUT2D eigenvalue weighted by Gasteiger charge is 2.05. The first kappa shape index (κ1) is 10.1. The summed E-state index contributed by atoms with van der Waals surface area (Å²) in [6.07, 6.45) is 0. The summed E-state index contributed by atoms with van der Waals surface area (Å²) in [4.78, 5) is 0. The van der Waals surface area contributed by atoms with Crippen molar-refractivity contribution >= 4 is 11.6 Å². The third-order valence-electron chi connectivity index (χ3n) is 2.08. The van der Waals surface area contributed by atoms with Gasteiger partial charge in [-0.1, -0.05) is 23.7 Å². The molecule has 76 valence electrons. The van der Waals surface area contributed by atoms with Gasteiger partial charge in [0, 0.05) is 10.6 Å². The van der Waals surface area contributed by atoms with E-state index in [1.54, 1.807) is 0 Å². The summed E-state index contributed by atoms with van der Waals surface area (Å²) in [6, 6.07) is 9.90. The molecule has 0 aliphatic rings. The molecule has 0 spiro atoms. The van der Waals surface area contributed by atoms with Crippen LogP contribution in [0.3, 0.4) is 0 Å². The maximum atomic E-state index is 13.4. The molecule has 2 aromatic carbocycles. The minimum absolute atomic E-state index is 0.346. The molecule has 0 amide bonds. The largest absolute Gasteiger partial charge is 0.207 e. The van der Waals surface area contributed by atoms with Gasteiger partial charge in [0.25, 0.3) is 0 Å². The topological polar surface area (TPSA) is 0 Å². The predicted octanol–water partition coefficient (Wildman–Crippen LogP) is 4.29. The molecule has 0 radical (unpaired) electrons. The lowest BCUT2D eigenvalue weighted by Crippen LogP contribution is -1.84. The van der Waals surface area contributed by atoms with Gasteiger partial charge in [0.2, 0.25) is 0 Å². The highest BCUT2D eigenvalue weighted by Crippen LogP contribution is 2.25. The van der Waals surface area contributed by atoms with Crippen molar-refractivity contribution in [3.8, 4) is 11.1 Å². The molecular weight excluding hydrogens is 218 g/mol. The molecule has 0 saturated heterocycles. The fraction of sp³-hybridized carbons (Fsp3) is 0. The van der Waals surface area contributed by atoms with Crippen LogP contribution in [0, 0.1) is 11.6 Å². The molecule has 0 atom stereocenters. The summed E-state index contributed by atoms with van der Waals surface area (Å²) >= 11 is 5.76. The van der Waals surface area contributed by atoms with Crippen LogP contribution in [0.2, 0.25) is 5.02 Å². The second kappa shape index (κ2) is 3.99. The molecule has 3 heteroatoms. The van der Waals surface area contributed by atoms with Gasteiger partial charge in [0.1, 0.15) is 11.6 Å². The van der Waals surface area contributed by atoms with Gasteiger partial charge in [-0.2, -0.15) is 0 Å². The normalized spacial score (nSPS) is 10.3. The highest BCUT2D eigenvalue weighted by atomic mass is 35.5. The second-order valence-corrected chi connectivity index (χ2v) is 3.57. The van der Waals surface area contributed by atoms with E-state index in [1.165, 1.54) is 42.5 Å². The Hall–Kier alpha value is -1.41. The van der Waals surface area contributed by atoms with Crippen molar-refractivity contribution in [2.24, 2.45) is 0 Å². The van der Waals surface area contributed by atoms with E-state index >= 15 is 0 Å². The zero-order chi connectivity index (χ0) is 10.8. The molecule has 0 unspecified atom stereocenters. The SMILES string of the molecule is Fc1ccc(-c2cc(Cl)ccc2F)cc1. The van der Waals surface area contributed by atoms with E-state index in [1.807, 2.05) is 0 Å². The summed E-state index contributed by atoms with van der Waals surface area (Å²) in [5, 5.41) is 0.454. The zero-order valence-corrected chi connectivity index (χ0v) is 8.43. The molecule has 0 nitrogen and oxygen atoms in total. The molecule has 0 saturated carbocycles. The van der Waals surface area contributed by atoms with Crippen molar-refractivity contribution in [1.82, 2.24) is 0 Å². The van der Waals surface area contributed by atoms with Gasteiger partial charge in [0.05, 0.1) is 0 Å². The van der Waals surface area contributed by atoms with Crippen LogP contribution in [0.1, 0.15) is 0 Å². The van der Waals surface area contributed by atoms with Crippen LogP contribution in [-0.4, -0.2) is 0 Å². The van der Waals surface area contributed by atoms with E-state index in [9.17, 15) is 8.78 Å². The zero-order valence-electron chi connectivity index (χ0n) is 7.68. The highest BCUT2D eigenvalue weighted by molar-refractivity contribution is 6.30. The first-order valence-electron chi connectivity index (χ1n) is 4.38. The van der Waals surface area contributed by atoms with Crippen LogP contribution in [0.15, 0.2) is 42.5 Å². The summed E-state index contributed by atoms with van der Waals surface area (Å²) in [5.74, 6) is -0.716. The van der Waals surface area contributed by atoms with E-state index in [0.717, 1.165) is 0 Å². The van der Waals surface area contributed by atoms with Crippen LogP contribution < -0.4 is 0 Å². The summed E-state index contributed by atoms with van der Waals surface area (Å²) in [6.45, 7) is 0. The van der Waals surface area contributed by atoms with Crippen LogP contribution in [0.5, 0.6) is 0 Å². The van der Waals surface area contributed by atoms with Crippen LogP contribution in [0.4, 0.5) is 8.78 Å². The van der Waals surface area contributed by atoms with E-state index in [2.05, 4.69) is 0 Å². The average molecular weight is 225 g/mol. The fourth-order valence-corrected chi connectivity index (χ4v) is 1.52. The minimum Gasteiger partial charge on any atom is -0.207 e. The summed E-state index contributed by atoms with van der Waals surface area (Å²) < 4.78 is 26.1. The molecule has 0 N–H and O–H groups in total. The molecule has 0 heterocycles. The molecule has 2 aromatic rings. The Balaban J connectivity index is 2.53. The lowest BCUT2D eigenvalue weighted by Gasteiger charge is -2.03. The minimum atomic E-state index is -0.369. The molecule has 0 fully saturated rings. The third kappa shape index (κ3) is 2.16. The number of benzene rings is 2. The van der Waals surface area contributed by atoms with E-state index in [0.29, 0.717) is 16.1 Å². The summed E-state index contributed by atoms with van der Waals surface area (Å²) in [5.41, 5.74) is 0.985. The van der Waals surface area contributed by atoms with Crippen molar-refractivity contribution < 1.29 is 8.78 Å². The Bertz CT molecular complexity index is 477. The Kier molecular flexibility index (Phi) is 2.69. The number of halogens is 3. The number of rotatable bonds is 1. The molecule has 15 heavy (non-hydrogen) atoms. The maximum Gasteiger partial charge on any atom is 0.131 e. The monoisotopic (exact) mass is 224 g/mol. The lowest BCUT2D eigenvalue weighted by molar-refractivity contribution is 0.625. The molecule has 0 aromatic heterocycles. The molecule has 2 rings (SSSR count). The van der Waals surface area contributed by atoms with Gasteiger partial charge in [-0.3, -0.25) is 0 Å². The van der Waals surface area contributed by atoms with Crippen molar-refractivity contribution in [2.45, 2.75) is 0 Å². The third-order valence-corrected chi connectivity index (χ3v) is 2.32. The van der Waals surface area contributed by atoms with Gasteiger partial charge in [-0.05, 0) is 35.9 Å². The standard InChI is InChI=1S/C12H7ClF2/c13-9-3-6-12(15)11(7-9)8-1-4-10(14)5-2-8/h1-7H. The molecular formula is C12H7ClF2. The van der Waals surface area contributed by atoms with Crippen LogP contribution in [0.25, 0.3) is 11.1 Å². The Morgan fingerprint density at radius 1 is 0.867 bits per heavy atom.